The molecule has 0 aromatic carbocycles. The van der Waals surface area contributed by atoms with E-state index >= 15 is 0 Å². The molecule has 1 heteroatoms. The minimum absolute atomic E-state index is 0.109. The number of ketones is 1. The van der Waals surface area contributed by atoms with Crippen molar-refractivity contribution in [1.82, 2.24) is 0 Å². The Labute approximate surface area is 87.2 Å². The molecular formula is C13H20O. The molecule has 0 bridgehead atoms. The fourth-order valence-electron chi connectivity index (χ4n) is 1.44. The summed E-state index contributed by atoms with van der Waals surface area (Å²) in [5, 5.41) is 0. The maximum atomic E-state index is 10.9. The van der Waals surface area contributed by atoms with Gasteiger partial charge in [-0.1, -0.05) is 17.7 Å². The van der Waals surface area contributed by atoms with Gasteiger partial charge in [0.1, 0.15) is 0 Å². The van der Waals surface area contributed by atoms with Crippen LogP contribution in [0.2, 0.25) is 0 Å². The summed E-state index contributed by atoms with van der Waals surface area (Å²) < 4.78 is 0. The molecule has 14 heavy (non-hydrogen) atoms. The minimum Gasteiger partial charge on any atom is -0.295 e. The fraction of sp³-hybridized carbons (Fsp3) is 0.462. The number of carbonyl (C=O) groups is 1. The summed E-state index contributed by atoms with van der Waals surface area (Å²) in [5.74, 6) is 0.442. The molecule has 0 aliphatic rings. The zero-order valence-electron chi connectivity index (χ0n) is 9.25. The van der Waals surface area contributed by atoms with Crippen LogP contribution in [0.15, 0.2) is 37.0 Å². The van der Waals surface area contributed by atoms with Gasteiger partial charge in [0.25, 0.3) is 0 Å². The first-order chi connectivity index (χ1) is 6.61. The lowest BCUT2D eigenvalue weighted by atomic mass is 9.94. The lowest BCUT2D eigenvalue weighted by molar-refractivity contribution is -0.112. The van der Waals surface area contributed by atoms with Gasteiger partial charge < -0.3 is 0 Å². The van der Waals surface area contributed by atoms with Crippen molar-refractivity contribution in [1.29, 1.82) is 0 Å². The van der Waals surface area contributed by atoms with Crippen LogP contribution in [0.4, 0.5) is 0 Å². The first-order valence-corrected chi connectivity index (χ1v) is 5.04. The SMILES string of the molecule is C=CCCCC(C=C)/C(C)=C/C(C)=O. The highest BCUT2D eigenvalue weighted by Gasteiger charge is 2.06. The first kappa shape index (κ1) is 12.9. The minimum atomic E-state index is 0.109. The Bertz CT molecular complexity index is 236. The van der Waals surface area contributed by atoms with Gasteiger partial charge in [0.05, 0.1) is 0 Å². The number of unbranched alkanes of at least 4 members (excludes halogenated alkanes) is 1. The van der Waals surface area contributed by atoms with Crippen molar-refractivity contribution in [3.63, 3.8) is 0 Å². The molecule has 0 saturated heterocycles. The van der Waals surface area contributed by atoms with E-state index in [1.807, 2.05) is 19.1 Å². The van der Waals surface area contributed by atoms with Crippen LogP contribution >= 0.6 is 0 Å². The molecule has 0 N–H and O–H groups in total. The third kappa shape index (κ3) is 5.52. The average molecular weight is 192 g/mol. The molecule has 0 aromatic heterocycles. The highest BCUT2D eigenvalue weighted by Crippen LogP contribution is 2.18. The maximum absolute atomic E-state index is 10.9. The van der Waals surface area contributed by atoms with Crippen molar-refractivity contribution in [3.8, 4) is 0 Å². The van der Waals surface area contributed by atoms with Crippen LogP contribution in [0.5, 0.6) is 0 Å². The Kier molecular flexibility index (Phi) is 6.73. The number of carbonyl (C=O) groups excluding carboxylic acids is 1. The highest BCUT2D eigenvalue weighted by molar-refractivity contribution is 5.87. The topological polar surface area (TPSA) is 17.1 Å². The van der Waals surface area contributed by atoms with Gasteiger partial charge in [-0.3, -0.25) is 4.79 Å². The van der Waals surface area contributed by atoms with Gasteiger partial charge >= 0.3 is 0 Å². The molecule has 0 amide bonds. The predicted octanol–water partition coefficient (Wildman–Crippen LogP) is 3.68. The van der Waals surface area contributed by atoms with Crippen LogP contribution in [0, 0.1) is 5.92 Å². The molecule has 0 aliphatic carbocycles. The van der Waals surface area contributed by atoms with E-state index in [0.717, 1.165) is 24.8 Å². The standard InChI is InChI=1S/C13H20O/c1-5-7-8-9-13(6-2)11(3)10-12(4)14/h5-6,10,13H,1-2,7-9H2,3-4H3/b11-10+. The monoisotopic (exact) mass is 192 g/mol. The van der Waals surface area contributed by atoms with E-state index in [0.29, 0.717) is 5.92 Å². The second-order valence-corrected chi connectivity index (χ2v) is 3.56. The molecule has 0 fully saturated rings. The van der Waals surface area contributed by atoms with Crippen LogP contribution in [-0.2, 0) is 4.79 Å². The first-order valence-electron chi connectivity index (χ1n) is 5.04. The second-order valence-electron chi connectivity index (χ2n) is 3.56. The van der Waals surface area contributed by atoms with Crippen molar-refractivity contribution in [3.05, 3.63) is 37.0 Å². The Morgan fingerprint density at radius 3 is 2.43 bits per heavy atom. The van der Waals surface area contributed by atoms with Gasteiger partial charge in [0.15, 0.2) is 5.78 Å². The summed E-state index contributed by atoms with van der Waals surface area (Å²) in [4.78, 5) is 10.9. The van der Waals surface area contributed by atoms with Crippen LogP contribution in [-0.4, -0.2) is 5.78 Å². The Hall–Kier alpha value is -1.11. The molecule has 0 aromatic rings. The van der Waals surface area contributed by atoms with Gasteiger partial charge in [-0.15, -0.1) is 13.2 Å². The molecule has 0 aliphatic heterocycles. The number of rotatable bonds is 7. The smallest absolute Gasteiger partial charge is 0.152 e. The second kappa shape index (κ2) is 7.31. The molecule has 0 spiro atoms. The van der Waals surface area contributed by atoms with Crippen LogP contribution < -0.4 is 0 Å². The Morgan fingerprint density at radius 1 is 1.36 bits per heavy atom. The van der Waals surface area contributed by atoms with E-state index in [9.17, 15) is 4.79 Å². The molecule has 0 radical (unpaired) electrons. The van der Waals surface area contributed by atoms with Crippen molar-refractivity contribution in [2.75, 3.05) is 0 Å². The van der Waals surface area contributed by atoms with Gasteiger partial charge in [0.2, 0.25) is 0 Å². The van der Waals surface area contributed by atoms with Gasteiger partial charge in [0, 0.05) is 0 Å². The molecule has 78 valence electrons. The van der Waals surface area contributed by atoms with E-state index in [2.05, 4.69) is 13.2 Å². The lowest BCUT2D eigenvalue weighted by Crippen LogP contribution is -2.00. The van der Waals surface area contributed by atoms with E-state index < -0.39 is 0 Å². The van der Waals surface area contributed by atoms with Gasteiger partial charge in [-0.05, 0) is 45.1 Å². The zero-order chi connectivity index (χ0) is 11.0. The van der Waals surface area contributed by atoms with E-state index in [1.165, 1.54) is 0 Å². The number of hydrogen-bond donors (Lipinski definition) is 0. The van der Waals surface area contributed by atoms with Gasteiger partial charge in [-0.2, -0.15) is 0 Å². The summed E-state index contributed by atoms with van der Waals surface area (Å²) >= 11 is 0. The van der Waals surface area contributed by atoms with Gasteiger partial charge in [-0.25, -0.2) is 0 Å². The number of hydrogen-bond acceptors (Lipinski definition) is 1. The van der Waals surface area contributed by atoms with E-state index in [4.69, 9.17) is 0 Å². The maximum Gasteiger partial charge on any atom is 0.152 e. The van der Waals surface area contributed by atoms with Crippen LogP contribution in [0.3, 0.4) is 0 Å². The van der Waals surface area contributed by atoms with Crippen molar-refractivity contribution < 1.29 is 4.79 Å². The summed E-state index contributed by atoms with van der Waals surface area (Å²) in [6.45, 7) is 11.0. The van der Waals surface area contributed by atoms with Crippen molar-refractivity contribution >= 4 is 5.78 Å². The molecule has 1 atom stereocenters. The van der Waals surface area contributed by atoms with E-state index in [1.54, 1.807) is 13.0 Å². The number of allylic oxidation sites excluding steroid dienone is 4. The van der Waals surface area contributed by atoms with Crippen LogP contribution in [0.1, 0.15) is 33.1 Å². The van der Waals surface area contributed by atoms with Crippen molar-refractivity contribution in [2.24, 2.45) is 5.92 Å². The summed E-state index contributed by atoms with van der Waals surface area (Å²) in [6, 6.07) is 0. The Balaban J connectivity index is 4.18. The molecule has 0 heterocycles. The van der Waals surface area contributed by atoms with Crippen LogP contribution in [0.25, 0.3) is 0 Å². The Morgan fingerprint density at radius 2 is 2.00 bits per heavy atom. The summed E-state index contributed by atoms with van der Waals surface area (Å²) in [5.41, 5.74) is 1.11. The normalized spacial score (nSPS) is 13.4. The lowest BCUT2D eigenvalue weighted by Gasteiger charge is -2.11. The molecule has 1 unspecified atom stereocenters. The third-order valence-corrected chi connectivity index (χ3v) is 2.22. The van der Waals surface area contributed by atoms with Crippen molar-refractivity contribution in [2.45, 2.75) is 33.1 Å². The molecular weight excluding hydrogens is 172 g/mol. The quantitative estimate of drug-likeness (QED) is 0.341. The fourth-order valence-corrected chi connectivity index (χ4v) is 1.44. The molecule has 0 rings (SSSR count). The van der Waals surface area contributed by atoms with E-state index in [-0.39, 0.29) is 5.78 Å². The highest BCUT2D eigenvalue weighted by atomic mass is 16.1. The largest absolute Gasteiger partial charge is 0.295 e. The zero-order valence-corrected chi connectivity index (χ0v) is 9.25. The average Bonchev–Trinajstić information content (AvgIpc) is 2.11. The molecule has 1 nitrogen and oxygen atoms in total. The third-order valence-electron chi connectivity index (χ3n) is 2.22. The molecule has 0 saturated carbocycles. The summed E-state index contributed by atoms with van der Waals surface area (Å²) in [6.07, 6.45) is 8.70. The predicted molar refractivity (Wildman–Crippen MR) is 62.2 cm³/mol. The summed E-state index contributed by atoms with van der Waals surface area (Å²) in [7, 11) is 0.